The number of nitrogens with one attached hydrogen (secondary N) is 2. The lowest BCUT2D eigenvalue weighted by Crippen LogP contribution is -2.24. The molecule has 2 aromatic carbocycles. The maximum Gasteiger partial charge on any atom is 0.270 e. The van der Waals surface area contributed by atoms with Crippen molar-refractivity contribution < 1.29 is 9.53 Å². The van der Waals surface area contributed by atoms with Crippen LogP contribution in [0.25, 0.3) is 0 Å². The summed E-state index contributed by atoms with van der Waals surface area (Å²) in [4.78, 5) is 20.9. The van der Waals surface area contributed by atoms with Crippen LogP contribution in [-0.2, 0) is 6.54 Å². The van der Waals surface area contributed by atoms with Crippen molar-refractivity contribution in [1.29, 1.82) is 0 Å². The number of benzene rings is 2. The average molecular weight is 362 g/mol. The summed E-state index contributed by atoms with van der Waals surface area (Å²) in [5, 5.41) is 6.05. The number of hydrogen-bond acceptors (Lipinski definition) is 5. The van der Waals surface area contributed by atoms with Gasteiger partial charge in [-0.05, 0) is 54.8 Å². The predicted octanol–water partition coefficient (Wildman–Crippen LogP) is 3.78. The molecule has 0 saturated carbocycles. The number of hydrogen-bond donors (Lipinski definition) is 2. The van der Waals surface area contributed by atoms with Crippen molar-refractivity contribution in [2.24, 2.45) is 0 Å². The minimum atomic E-state index is -0.253. The third kappa shape index (κ3) is 4.61. The van der Waals surface area contributed by atoms with Crippen molar-refractivity contribution in [2.45, 2.75) is 20.4 Å². The molecule has 1 heterocycles. The lowest BCUT2D eigenvalue weighted by Gasteiger charge is -2.11. The second-order valence-corrected chi connectivity index (χ2v) is 6.17. The molecule has 1 amide bonds. The van der Waals surface area contributed by atoms with Crippen LogP contribution < -0.4 is 15.4 Å². The quantitative estimate of drug-likeness (QED) is 0.698. The molecule has 0 aliphatic carbocycles. The Hall–Kier alpha value is -3.41. The number of carbonyl (C=O) groups is 1. The lowest BCUT2D eigenvalue weighted by atomic mass is 10.1. The van der Waals surface area contributed by atoms with Crippen LogP contribution in [-0.4, -0.2) is 23.0 Å². The molecule has 0 aliphatic rings. The summed E-state index contributed by atoms with van der Waals surface area (Å²) in [6, 6.07) is 15.1. The molecule has 6 heteroatoms. The summed E-state index contributed by atoms with van der Waals surface area (Å²) >= 11 is 0. The van der Waals surface area contributed by atoms with Gasteiger partial charge < -0.3 is 15.4 Å². The molecule has 3 rings (SSSR count). The molecule has 0 atom stereocenters. The van der Waals surface area contributed by atoms with Crippen molar-refractivity contribution in [3.05, 3.63) is 77.1 Å². The highest BCUT2D eigenvalue weighted by Gasteiger charge is 2.10. The highest BCUT2D eigenvalue weighted by atomic mass is 16.5. The van der Waals surface area contributed by atoms with E-state index in [2.05, 4.69) is 20.6 Å². The van der Waals surface area contributed by atoms with Crippen molar-refractivity contribution in [1.82, 2.24) is 15.3 Å². The molecule has 1 aromatic heterocycles. The van der Waals surface area contributed by atoms with Gasteiger partial charge in [0.25, 0.3) is 5.91 Å². The number of nitrogens with zero attached hydrogens (tertiary/aromatic N) is 2. The Bertz CT molecular complexity index is 939. The molecule has 0 fully saturated rings. The number of methoxy groups -OCH3 is 1. The van der Waals surface area contributed by atoms with E-state index in [9.17, 15) is 4.79 Å². The van der Waals surface area contributed by atoms with Gasteiger partial charge in [0.1, 0.15) is 11.4 Å². The minimum Gasteiger partial charge on any atom is -0.497 e. The number of aryl methyl sites for hydroxylation is 1. The molecule has 0 unspecified atom stereocenters. The van der Waals surface area contributed by atoms with E-state index in [1.807, 2.05) is 56.3 Å². The maximum absolute atomic E-state index is 12.4. The fourth-order valence-corrected chi connectivity index (χ4v) is 2.57. The summed E-state index contributed by atoms with van der Waals surface area (Å²) in [5.41, 5.74) is 4.51. The molecule has 27 heavy (non-hydrogen) atoms. The normalized spacial score (nSPS) is 10.3. The Kier molecular flexibility index (Phi) is 5.66. The first-order valence-corrected chi connectivity index (χ1v) is 8.64. The number of rotatable bonds is 6. The Morgan fingerprint density at radius 3 is 2.59 bits per heavy atom. The first-order valence-electron chi connectivity index (χ1n) is 8.64. The second kappa shape index (κ2) is 8.31. The van der Waals surface area contributed by atoms with E-state index in [0.29, 0.717) is 18.2 Å². The highest BCUT2D eigenvalue weighted by molar-refractivity contribution is 5.92. The van der Waals surface area contributed by atoms with E-state index >= 15 is 0 Å². The number of aromatic nitrogens is 2. The molecule has 0 radical (unpaired) electrons. The monoisotopic (exact) mass is 362 g/mol. The highest BCUT2D eigenvalue weighted by Crippen LogP contribution is 2.20. The van der Waals surface area contributed by atoms with E-state index in [1.165, 1.54) is 5.56 Å². The zero-order valence-electron chi connectivity index (χ0n) is 15.6. The van der Waals surface area contributed by atoms with E-state index in [4.69, 9.17) is 4.74 Å². The molecule has 138 valence electrons. The van der Waals surface area contributed by atoms with Crippen molar-refractivity contribution in [2.75, 3.05) is 12.4 Å². The summed E-state index contributed by atoms with van der Waals surface area (Å²) in [5.74, 6) is 0.918. The number of carbonyl (C=O) groups excluding carboxylic acids is 1. The first-order chi connectivity index (χ1) is 13.1. The van der Waals surface area contributed by atoms with Crippen LogP contribution in [0.4, 0.5) is 11.6 Å². The molecule has 6 nitrogen and oxygen atoms in total. The van der Waals surface area contributed by atoms with Crippen molar-refractivity contribution in [3.8, 4) is 5.75 Å². The van der Waals surface area contributed by atoms with Gasteiger partial charge in [0, 0.05) is 18.4 Å². The van der Waals surface area contributed by atoms with Crippen LogP contribution in [0, 0.1) is 13.8 Å². The van der Waals surface area contributed by atoms with Gasteiger partial charge in [-0.1, -0.05) is 24.3 Å². The van der Waals surface area contributed by atoms with Crippen LogP contribution in [0.15, 0.2) is 54.7 Å². The lowest BCUT2D eigenvalue weighted by molar-refractivity contribution is 0.0946. The molecule has 0 spiro atoms. The molecule has 2 N–H and O–H groups in total. The molecular weight excluding hydrogens is 340 g/mol. The standard InChI is InChI=1S/C21H22N4O2/c1-14-5-4-6-18(15(14)2)24-21-22-12-11-19(25-21)20(26)23-13-16-7-9-17(27-3)10-8-16/h4-12H,13H2,1-3H3,(H,23,26)(H,22,24,25). The van der Waals surface area contributed by atoms with Crippen molar-refractivity contribution >= 4 is 17.5 Å². The minimum absolute atomic E-state index is 0.253. The maximum atomic E-state index is 12.4. The summed E-state index contributed by atoms with van der Waals surface area (Å²) < 4.78 is 5.13. The van der Waals surface area contributed by atoms with Crippen LogP contribution in [0.2, 0.25) is 0 Å². The molecule has 0 saturated heterocycles. The Morgan fingerprint density at radius 1 is 1.07 bits per heavy atom. The number of anilines is 2. The topological polar surface area (TPSA) is 76.1 Å². The zero-order chi connectivity index (χ0) is 19.2. The second-order valence-electron chi connectivity index (χ2n) is 6.17. The fraction of sp³-hybridized carbons (Fsp3) is 0.190. The largest absolute Gasteiger partial charge is 0.497 e. The van der Waals surface area contributed by atoms with Gasteiger partial charge in [-0.15, -0.1) is 0 Å². The van der Waals surface area contributed by atoms with E-state index in [1.54, 1.807) is 19.4 Å². The fourth-order valence-electron chi connectivity index (χ4n) is 2.57. The molecule has 3 aromatic rings. The average Bonchev–Trinajstić information content (AvgIpc) is 2.70. The van der Waals surface area contributed by atoms with E-state index < -0.39 is 0 Å². The van der Waals surface area contributed by atoms with Crippen LogP contribution >= 0.6 is 0 Å². The third-order valence-electron chi connectivity index (χ3n) is 4.35. The predicted molar refractivity (Wildman–Crippen MR) is 105 cm³/mol. The number of amides is 1. The Labute approximate surface area is 158 Å². The van der Waals surface area contributed by atoms with Gasteiger partial charge in [0.05, 0.1) is 7.11 Å². The third-order valence-corrected chi connectivity index (χ3v) is 4.35. The van der Waals surface area contributed by atoms with Gasteiger partial charge in [0.15, 0.2) is 0 Å². The van der Waals surface area contributed by atoms with Gasteiger partial charge in [-0.2, -0.15) is 0 Å². The SMILES string of the molecule is COc1ccc(CNC(=O)c2ccnc(Nc3cccc(C)c3C)n2)cc1. The summed E-state index contributed by atoms with van der Waals surface area (Å²) in [7, 11) is 1.62. The molecular formula is C21H22N4O2. The van der Waals surface area contributed by atoms with Crippen molar-refractivity contribution in [3.63, 3.8) is 0 Å². The zero-order valence-corrected chi connectivity index (χ0v) is 15.6. The van der Waals surface area contributed by atoms with Gasteiger partial charge in [-0.3, -0.25) is 4.79 Å². The Balaban J connectivity index is 1.67. The van der Waals surface area contributed by atoms with E-state index in [-0.39, 0.29) is 5.91 Å². The van der Waals surface area contributed by atoms with E-state index in [0.717, 1.165) is 22.6 Å². The Morgan fingerprint density at radius 2 is 1.85 bits per heavy atom. The van der Waals surface area contributed by atoms with Gasteiger partial charge in [-0.25, -0.2) is 9.97 Å². The summed E-state index contributed by atoms with van der Waals surface area (Å²) in [6.45, 7) is 4.49. The molecule has 0 aliphatic heterocycles. The number of ether oxygens (including phenoxy) is 1. The van der Waals surface area contributed by atoms with Crippen LogP contribution in [0.5, 0.6) is 5.75 Å². The first kappa shape index (κ1) is 18.4. The van der Waals surface area contributed by atoms with Gasteiger partial charge in [0.2, 0.25) is 5.95 Å². The van der Waals surface area contributed by atoms with Crippen LogP contribution in [0.3, 0.4) is 0 Å². The van der Waals surface area contributed by atoms with Crippen LogP contribution in [0.1, 0.15) is 27.2 Å². The summed E-state index contributed by atoms with van der Waals surface area (Å²) in [6.07, 6.45) is 1.57. The van der Waals surface area contributed by atoms with Gasteiger partial charge >= 0.3 is 0 Å². The molecule has 0 bridgehead atoms. The smallest absolute Gasteiger partial charge is 0.270 e.